The molecule has 1 heterocycles. The van der Waals surface area contributed by atoms with E-state index in [1.165, 1.54) is 13.8 Å². The Morgan fingerprint density at radius 1 is 1.03 bits per heavy atom. The van der Waals surface area contributed by atoms with Gasteiger partial charge in [0.05, 0.1) is 24.8 Å². The van der Waals surface area contributed by atoms with Gasteiger partial charge in [0.25, 0.3) is 5.91 Å². The zero-order valence-corrected chi connectivity index (χ0v) is 17.5. The normalized spacial score (nSPS) is 15.3. The van der Waals surface area contributed by atoms with Gasteiger partial charge >= 0.3 is 5.97 Å². The molecule has 162 valence electrons. The first-order chi connectivity index (χ1) is 15.0. The number of carbonyl (C=O) groups excluding carboxylic acids is 2. The number of rotatable bonds is 7. The van der Waals surface area contributed by atoms with Crippen molar-refractivity contribution in [2.24, 2.45) is 0 Å². The van der Waals surface area contributed by atoms with E-state index in [9.17, 15) is 9.59 Å². The van der Waals surface area contributed by atoms with Crippen molar-refractivity contribution in [1.29, 1.82) is 5.26 Å². The molecule has 3 rings (SSSR count). The van der Waals surface area contributed by atoms with Gasteiger partial charge in [-0.3, -0.25) is 4.79 Å². The molecule has 31 heavy (non-hydrogen) atoms. The number of amides is 1. The van der Waals surface area contributed by atoms with Crippen molar-refractivity contribution in [2.75, 3.05) is 36.5 Å². The number of nitrogens with zero attached hydrogens (tertiary/aromatic N) is 2. The second-order valence-corrected chi connectivity index (χ2v) is 7.11. The van der Waals surface area contributed by atoms with E-state index < -0.39 is 24.1 Å². The molecule has 0 aliphatic carbocycles. The van der Waals surface area contributed by atoms with Gasteiger partial charge in [0.1, 0.15) is 5.75 Å². The summed E-state index contributed by atoms with van der Waals surface area (Å²) in [4.78, 5) is 26.9. The van der Waals surface area contributed by atoms with Crippen LogP contribution in [0, 0.1) is 11.3 Å². The number of nitrogens with one attached hydrogen (secondary N) is 1. The smallest absolute Gasteiger partial charge is 0.347 e. The number of benzene rings is 2. The zero-order valence-electron chi connectivity index (χ0n) is 17.5. The average molecular weight is 423 g/mol. The number of esters is 1. The van der Waals surface area contributed by atoms with Crippen LogP contribution in [-0.4, -0.2) is 50.4 Å². The molecule has 2 aromatic carbocycles. The van der Waals surface area contributed by atoms with Gasteiger partial charge in [-0.15, -0.1) is 0 Å². The van der Waals surface area contributed by atoms with Gasteiger partial charge in [-0.05, 0) is 62.4 Å². The van der Waals surface area contributed by atoms with E-state index in [1.807, 2.05) is 30.3 Å². The lowest BCUT2D eigenvalue weighted by molar-refractivity contribution is -0.159. The average Bonchev–Trinajstić information content (AvgIpc) is 2.80. The molecule has 0 aromatic heterocycles. The Balaban J connectivity index is 1.48. The molecule has 0 radical (unpaired) electrons. The van der Waals surface area contributed by atoms with E-state index in [4.69, 9.17) is 19.5 Å². The third-order valence-corrected chi connectivity index (χ3v) is 4.80. The van der Waals surface area contributed by atoms with E-state index in [1.54, 1.807) is 24.3 Å². The minimum Gasteiger partial charge on any atom is -0.479 e. The maximum Gasteiger partial charge on any atom is 0.347 e. The van der Waals surface area contributed by atoms with Gasteiger partial charge in [-0.25, -0.2) is 4.79 Å². The molecule has 1 aliphatic rings. The Morgan fingerprint density at radius 3 is 2.29 bits per heavy atom. The summed E-state index contributed by atoms with van der Waals surface area (Å²) in [7, 11) is 0. The molecule has 0 unspecified atom stereocenters. The van der Waals surface area contributed by atoms with Crippen LogP contribution in [0.4, 0.5) is 11.4 Å². The Kier molecular flexibility index (Phi) is 7.46. The van der Waals surface area contributed by atoms with Crippen molar-refractivity contribution >= 4 is 23.3 Å². The first-order valence-electron chi connectivity index (χ1n) is 10.1. The molecule has 1 aliphatic heterocycles. The van der Waals surface area contributed by atoms with Gasteiger partial charge in [0, 0.05) is 24.5 Å². The predicted octanol–water partition coefficient (Wildman–Crippen LogP) is 2.73. The highest BCUT2D eigenvalue weighted by Gasteiger charge is 2.23. The molecular formula is C23H25N3O5. The molecule has 1 amide bonds. The molecule has 8 nitrogen and oxygen atoms in total. The highest BCUT2D eigenvalue weighted by molar-refractivity contribution is 5.95. The molecule has 2 atom stereocenters. The van der Waals surface area contributed by atoms with E-state index in [0.29, 0.717) is 30.2 Å². The summed E-state index contributed by atoms with van der Waals surface area (Å²) in [6.07, 6.45) is -1.89. The van der Waals surface area contributed by atoms with Crippen molar-refractivity contribution in [2.45, 2.75) is 26.1 Å². The fourth-order valence-corrected chi connectivity index (χ4v) is 3.00. The fraction of sp³-hybridized carbons (Fsp3) is 0.348. The summed E-state index contributed by atoms with van der Waals surface area (Å²) >= 11 is 0. The van der Waals surface area contributed by atoms with Gasteiger partial charge in [0.2, 0.25) is 0 Å². The van der Waals surface area contributed by atoms with Crippen molar-refractivity contribution in [1.82, 2.24) is 0 Å². The quantitative estimate of drug-likeness (QED) is 0.684. The van der Waals surface area contributed by atoms with Crippen molar-refractivity contribution < 1.29 is 23.8 Å². The summed E-state index contributed by atoms with van der Waals surface area (Å²) in [6.45, 7) is 6.12. The monoisotopic (exact) mass is 423 g/mol. The Bertz CT molecular complexity index is 931. The molecule has 0 spiro atoms. The van der Waals surface area contributed by atoms with Crippen molar-refractivity contribution in [3.63, 3.8) is 0 Å². The topological polar surface area (TPSA) is 101 Å². The fourth-order valence-electron chi connectivity index (χ4n) is 3.00. The highest BCUT2D eigenvalue weighted by Crippen LogP contribution is 2.19. The van der Waals surface area contributed by atoms with Crippen LogP contribution in [0.25, 0.3) is 0 Å². The Hall–Kier alpha value is -3.57. The molecule has 0 bridgehead atoms. The Labute approximate surface area is 181 Å². The maximum absolute atomic E-state index is 12.4. The minimum atomic E-state index is -0.988. The first kappa shape index (κ1) is 22.1. The van der Waals surface area contributed by atoms with Crippen LogP contribution in [0.5, 0.6) is 5.75 Å². The van der Waals surface area contributed by atoms with Crippen molar-refractivity contribution in [3.05, 3.63) is 54.1 Å². The molecule has 0 saturated carbocycles. The molecule has 1 N–H and O–H groups in total. The number of hydrogen-bond donors (Lipinski definition) is 1. The maximum atomic E-state index is 12.4. The molecule has 1 fully saturated rings. The number of carbonyl (C=O) groups is 2. The van der Waals surface area contributed by atoms with Crippen LogP contribution in [-0.2, 0) is 19.1 Å². The van der Waals surface area contributed by atoms with Crippen LogP contribution in [0.2, 0.25) is 0 Å². The minimum absolute atomic E-state index is 0.431. The summed E-state index contributed by atoms with van der Waals surface area (Å²) in [6, 6.07) is 15.9. The van der Waals surface area contributed by atoms with E-state index >= 15 is 0 Å². The van der Waals surface area contributed by atoms with Gasteiger partial charge in [-0.1, -0.05) is 0 Å². The summed E-state index contributed by atoms with van der Waals surface area (Å²) in [5.74, 6) is -0.659. The third-order valence-electron chi connectivity index (χ3n) is 4.80. The van der Waals surface area contributed by atoms with Crippen LogP contribution in [0.3, 0.4) is 0 Å². The van der Waals surface area contributed by atoms with E-state index in [0.717, 1.165) is 18.8 Å². The first-order valence-corrected chi connectivity index (χ1v) is 10.1. The summed E-state index contributed by atoms with van der Waals surface area (Å²) in [5, 5.41) is 11.6. The number of nitriles is 1. The van der Waals surface area contributed by atoms with Crippen LogP contribution in [0.1, 0.15) is 19.4 Å². The highest BCUT2D eigenvalue weighted by atomic mass is 16.6. The number of anilines is 2. The van der Waals surface area contributed by atoms with Crippen molar-refractivity contribution in [3.8, 4) is 11.8 Å². The van der Waals surface area contributed by atoms with Gasteiger partial charge < -0.3 is 24.4 Å². The van der Waals surface area contributed by atoms with E-state index in [-0.39, 0.29) is 0 Å². The van der Waals surface area contributed by atoms with Gasteiger partial charge in [-0.2, -0.15) is 5.26 Å². The predicted molar refractivity (Wildman–Crippen MR) is 115 cm³/mol. The molecule has 2 aromatic rings. The zero-order chi connectivity index (χ0) is 22.2. The SMILES string of the molecule is C[C@H](OC(=O)[C@H](C)Oc1ccc(C#N)cc1)C(=O)Nc1ccc(N2CCOCC2)cc1. The number of hydrogen-bond acceptors (Lipinski definition) is 7. The standard InChI is InChI=1S/C23H25N3O5/c1-16(31-23(28)17(2)30-21-9-3-18(15-24)4-10-21)22(27)25-19-5-7-20(8-6-19)26-11-13-29-14-12-26/h3-10,16-17H,11-14H2,1-2H3,(H,25,27)/t16-,17-/m0/s1. The largest absolute Gasteiger partial charge is 0.479 e. The lowest BCUT2D eigenvalue weighted by Crippen LogP contribution is -2.36. The van der Waals surface area contributed by atoms with Gasteiger partial charge in [0.15, 0.2) is 12.2 Å². The lowest BCUT2D eigenvalue weighted by atomic mass is 10.2. The number of ether oxygens (including phenoxy) is 3. The molecule has 1 saturated heterocycles. The summed E-state index contributed by atoms with van der Waals surface area (Å²) in [5.41, 5.74) is 2.17. The lowest BCUT2D eigenvalue weighted by Gasteiger charge is -2.29. The second-order valence-electron chi connectivity index (χ2n) is 7.11. The van der Waals surface area contributed by atoms with Crippen LogP contribution >= 0.6 is 0 Å². The third kappa shape index (κ3) is 6.20. The summed E-state index contributed by atoms with van der Waals surface area (Å²) < 4.78 is 16.1. The van der Waals surface area contributed by atoms with Crippen LogP contribution < -0.4 is 15.0 Å². The van der Waals surface area contributed by atoms with E-state index in [2.05, 4.69) is 10.2 Å². The second kappa shape index (κ2) is 10.5. The number of morpholine rings is 1. The molecular weight excluding hydrogens is 398 g/mol. The Morgan fingerprint density at radius 2 is 1.68 bits per heavy atom. The molecule has 8 heteroatoms. The van der Waals surface area contributed by atoms with Crippen LogP contribution in [0.15, 0.2) is 48.5 Å².